The Hall–Kier alpha value is -3.05. The average molecular weight is 487 g/mol. The van der Waals surface area contributed by atoms with Crippen molar-refractivity contribution < 1.29 is 13.7 Å². The molecule has 1 N–H and O–H groups in total. The molecular weight excluding hydrogens is 472 g/mol. The van der Waals surface area contributed by atoms with Crippen molar-refractivity contribution in [2.75, 3.05) is 5.32 Å². The zero-order valence-electron chi connectivity index (χ0n) is 15.5. The molecule has 152 valence electrons. The molecule has 3 aromatic heterocycles. The fourth-order valence-corrected chi connectivity index (χ4v) is 3.30. The van der Waals surface area contributed by atoms with Gasteiger partial charge in [0, 0.05) is 41.0 Å². The van der Waals surface area contributed by atoms with Crippen LogP contribution < -0.4 is 5.32 Å². The summed E-state index contributed by atoms with van der Waals surface area (Å²) >= 11 is 4.66. The highest BCUT2D eigenvalue weighted by molar-refractivity contribution is 9.10. The lowest BCUT2D eigenvalue weighted by Gasteiger charge is -2.03. The van der Waals surface area contributed by atoms with Gasteiger partial charge in [0.2, 0.25) is 17.7 Å². The summed E-state index contributed by atoms with van der Waals surface area (Å²) in [6, 6.07) is 11.0. The number of nitrogens with zero attached hydrogens (tertiary/aromatic N) is 5. The van der Waals surface area contributed by atoms with E-state index in [1.807, 2.05) is 24.3 Å². The average Bonchev–Trinajstić information content (AvgIpc) is 3.43. The van der Waals surface area contributed by atoms with Crippen LogP contribution in [-0.4, -0.2) is 31.2 Å². The van der Waals surface area contributed by atoms with Crippen LogP contribution in [0.2, 0.25) is 0 Å². The Balaban J connectivity index is 1.25. The molecule has 0 aliphatic heterocycles. The minimum atomic E-state index is -0.124. The van der Waals surface area contributed by atoms with Gasteiger partial charge in [0.05, 0.1) is 5.75 Å². The molecule has 0 aliphatic rings. The third kappa shape index (κ3) is 5.51. The van der Waals surface area contributed by atoms with E-state index in [0.29, 0.717) is 35.0 Å². The third-order valence-electron chi connectivity index (χ3n) is 3.86. The maximum absolute atomic E-state index is 12.1. The van der Waals surface area contributed by atoms with Crippen molar-refractivity contribution in [2.24, 2.45) is 0 Å². The summed E-state index contributed by atoms with van der Waals surface area (Å²) < 4.78 is 11.8. The molecule has 0 aliphatic carbocycles. The van der Waals surface area contributed by atoms with E-state index in [4.69, 9.17) is 8.94 Å². The number of carbonyl (C=O) groups is 1. The van der Waals surface area contributed by atoms with Crippen LogP contribution in [0, 0.1) is 0 Å². The summed E-state index contributed by atoms with van der Waals surface area (Å²) in [5.41, 5.74) is 1.53. The minimum Gasteiger partial charge on any atom is -0.411 e. The second kappa shape index (κ2) is 9.63. The van der Waals surface area contributed by atoms with E-state index in [1.165, 1.54) is 11.8 Å². The first-order chi connectivity index (χ1) is 14.7. The number of rotatable bonds is 8. The van der Waals surface area contributed by atoms with Gasteiger partial charge in [-0.25, -0.2) is 0 Å². The highest BCUT2D eigenvalue weighted by Crippen LogP contribution is 2.24. The zero-order valence-corrected chi connectivity index (χ0v) is 17.9. The predicted octanol–water partition coefficient (Wildman–Crippen LogP) is 4.14. The second-order valence-electron chi connectivity index (χ2n) is 6.06. The van der Waals surface area contributed by atoms with E-state index in [0.717, 1.165) is 15.7 Å². The molecule has 0 unspecified atom stereocenters. The van der Waals surface area contributed by atoms with Gasteiger partial charge < -0.3 is 14.3 Å². The van der Waals surface area contributed by atoms with Crippen molar-refractivity contribution in [2.45, 2.75) is 23.8 Å². The summed E-state index contributed by atoms with van der Waals surface area (Å²) in [6.07, 6.45) is 3.91. The molecule has 4 aromatic rings. The number of hydrogen-bond donors (Lipinski definition) is 1. The highest BCUT2D eigenvalue weighted by Gasteiger charge is 2.13. The SMILES string of the molecule is O=C(CCc1nc(CSc2nnc(-c3ccncc3)o2)no1)Nc1ccc(Br)cc1. The van der Waals surface area contributed by atoms with E-state index in [-0.39, 0.29) is 12.3 Å². The van der Waals surface area contributed by atoms with E-state index in [2.05, 4.69) is 46.6 Å². The fourth-order valence-electron chi connectivity index (χ4n) is 2.43. The van der Waals surface area contributed by atoms with Crippen LogP contribution in [0.5, 0.6) is 0 Å². The largest absolute Gasteiger partial charge is 0.411 e. The summed E-state index contributed by atoms with van der Waals surface area (Å²) in [7, 11) is 0. The first kappa shape index (κ1) is 20.2. The van der Waals surface area contributed by atoms with Gasteiger partial charge in [-0.2, -0.15) is 4.98 Å². The Kier molecular flexibility index (Phi) is 6.50. The van der Waals surface area contributed by atoms with Gasteiger partial charge in [-0.15, -0.1) is 10.2 Å². The van der Waals surface area contributed by atoms with Crippen LogP contribution in [0.25, 0.3) is 11.5 Å². The van der Waals surface area contributed by atoms with Crippen molar-refractivity contribution in [1.29, 1.82) is 0 Å². The summed E-state index contributed by atoms with van der Waals surface area (Å²) in [5, 5.41) is 15.2. The number of hydrogen-bond acceptors (Lipinski definition) is 9. The fraction of sp³-hybridized carbons (Fsp3) is 0.158. The predicted molar refractivity (Wildman–Crippen MR) is 112 cm³/mol. The van der Waals surface area contributed by atoms with Gasteiger partial charge in [-0.05, 0) is 36.4 Å². The molecule has 0 spiro atoms. The molecule has 4 rings (SSSR count). The molecule has 30 heavy (non-hydrogen) atoms. The summed E-state index contributed by atoms with van der Waals surface area (Å²) in [4.78, 5) is 20.3. The van der Waals surface area contributed by atoms with Crippen LogP contribution in [0.15, 0.2) is 67.4 Å². The number of thioether (sulfide) groups is 1. The number of amides is 1. The first-order valence-corrected chi connectivity index (χ1v) is 10.7. The van der Waals surface area contributed by atoms with Crippen molar-refractivity contribution in [3.8, 4) is 11.5 Å². The Labute approximate surface area is 183 Å². The molecule has 0 saturated carbocycles. The standard InChI is InChI=1S/C19H15BrN6O3S/c20-13-1-3-14(4-2-13)22-16(27)5-6-17-23-15(26-29-17)11-30-19-25-24-18(28-19)12-7-9-21-10-8-12/h1-4,7-10H,5-6,11H2,(H,22,27). The number of benzene rings is 1. The molecule has 11 heteroatoms. The van der Waals surface area contributed by atoms with Crippen LogP contribution in [0.4, 0.5) is 5.69 Å². The van der Waals surface area contributed by atoms with Crippen LogP contribution in [0.3, 0.4) is 0 Å². The van der Waals surface area contributed by atoms with Gasteiger partial charge >= 0.3 is 0 Å². The maximum Gasteiger partial charge on any atom is 0.277 e. The number of nitrogens with one attached hydrogen (secondary N) is 1. The number of aryl methyl sites for hydroxylation is 1. The van der Waals surface area contributed by atoms with Crippen LogP contribution in [0.1, 0.15) is 18.1 Å². The quantitative estimate of drug-likeness (QED) is 0.366. The van der Waals surface area contributed by atoms with Crippen molar-refractivity contribution in [3.63, 3.8) is 0 Å². The lowest BCUT2D eigenvalue weighted by molar-refractivity contribution is -0.116. The van der Waals surface area contributed by atoms with Crippen LogP contribution in [-0.2, 0) is 17.0 Å². The molecule has 0 saturated heterocycles. The van der Waals surface area contributed by atoms with Crippen molar-refractivity contribution in [1.82, 2.24) is 25.3 Å². The van der Waals surface area contributed by atoms with Crippen LogP contribution >= 0.6 is 27.7 Å². The van der Waals surface area contributed by atoms with Gasteiger partial charge in [0.25, 0.3) is 5.22 Å². The molecular formula is C19H15BrN6O3S. The molecule has 1 aromatic carbocycles. The summed E-state index contributed by atoms with van der Waals surface area (Å²) in [5.74, 6) is 1.60. The van der Waals surface area contributed by atoms with E-state index in [9.17, 15) is 4.79 Å². The van der Waals surface area contributed by atoms with E-state index >= 15 is 0 Å². The second-order valence-corrected chi connectivity index (χ2v) is 7.90. The molecule has 3 heterocycles. The topological polar surface area (TPSA) is 120 Å². The van der Waals surface area contributed by atoms with E-state index in [1.54, 1.807) is 24.5 Å². The van der Waals surface area contributed by atoms with Crippen molar-refractivity contribution >= 4 is 39.3 Å². The monoisotopic (exact) mass is 486 g/mol. The minimum absolute atomic E-state index is 0.124. The van der Waals surface area contributed by atoms with Crippen molar-refractivity contribution in [3.05, 3.63) is 65.0 Å². The van der Waals surface area contributed by atoms with Gasteiger partial charge in [-0.1, -0.05) is 32.8 Å². The van der Waals surface area contributed by atoms with Gasteiger partial charge in [0.1, 0.15) is 0 Å². The normalized spacial score (nSPS) is 10.8. The lowest BCUT2D eigenvalue weighted by Crippen LogP contribution is -2.12. The van der Waals surface area contributed by atoms with Gasteiger partial charge in [0.15, 0.2) is 5.82 Å². The first-order valence-electron chi connectivity index (χ1n) is 8.89. The molecule has 0 bridgehead atoms. The Morgan fingerprint density at radius 2 is 1.90 bits per heavy atom. The van der Waals surface area contributed by atoms with E-state index < -0.39 is 0 Å². The molecule has 0 fully saturated rings. The Morgan fingerprint density at radius 1 is 1.10 bits per heavy atom. The Morgan fingerprint density at radius 3 is 2.70 bits per heavy atom. The lowest BCUT2D eigenvalue weighted by atomic mass is 10.2. The molecule has 0 radical (unpaired) electrons. The Bertz CT molecular complexity index is 1120. The summed E-state index contributed by atoms with van der Waals surface area (Å²) in [6.45, 7) is 0. The molecule has 0 atom stereocenters. The molecule has 9 nitrogen and oxygen atoms in total. The number of halogens is 1. The third-order valence-corrected chi connectivity index (χ3v) is 5.21. The highest BCUT2D eigenvalue weighted by atomic mass is 79.9. The van der Waals surface area contributed by atoms with Gasteiger partial charge in [-0.3, -0.25) is 9.78 Å². The number of aromatic nitrogens is 5. The number of pyridine rings is 1. The smallest absolute Gasteiger partial charge is 0.277 e. The molecule has 1 amide bonds. The number of anilines is 1. The maximum atomic E-state index is 12.1. The number of carbonyl (C=O) groups excluding carboxylic acids is 1. The zero-order chi connectivity index (χ0) is 20.8.